The minimum atomic E-state index is -0.687. The summed E-state index contributed by atoms with van der Waals surface area (Å²) in [6, 6.07) is 55.7. The third-order valence-corrected chi connectivity index (χ3v) is 10.5. The minimum absolute atomic E-state index is 0.687. The maximum Gasteiger partial charge on any atom is 0.423 e. The van der Waals surface area contributed by atoms with Crippen molar-refractivity contribution in [2.45, 2.75) is 19.0 Å². The van der Waals surface area contributed by atoms with E-state index in [9.17, 15) is 0 Å². The first-order chi connectivity index (χ1) is 23.3. The predicted molar refractivity (Wildman–Crippen MR) is 186 cm³/mol. The van der Waals surface area contributed by atoms with Crippen LogP contribution in [0, 0.1) is 6.92 Å². The van der Waals surface area contributed by atoms with E-state index in [2.05, 4.69) is 185 Å². The van der Waals surface area contributed by atoms with E-state index in [1.54, 1.807) is 0 Å². The van der Waals surface area contributed by atoms with Crippen LogP contribution >= 0.6 is 0 Å². The number of fused-ring (bicyclic) bond motifs is 12. The van der Waals surface area contributed by atoms with Crippen LogP contribution in [0.1, 0.15) is 22.4 Å². The lowest BCUT2D eigenvalue weighted by Gasteiger charge is -2.32. The third kappa shape index (κ3) is 3.43. The van der Waals surface area contributed by atoms with Crippen LogP contribution in [0.15, 0.2) is 164 Å². The van der Waals surface area contributed by atoms with Crippen molar-refractivity contribution >= 4 is 11.3 Å². The van der Waals surface area contributed by atoms with Gasteiger partial charge in [0.15, 0.2) is 23.7 Å². The fraction of sp³-hybridized carbons (Fsp3) is 0.0682. The fourth-order valence-corrected chi connectivity index (χ4v) is 8.65. The quantitative estimate of drug-likeness (QED) is 0.169. The summed E-state index contributed by atoms with van der Waals surface area (Å²) in [7, 11) is 0. The van der Waals surface area contributed by atoms with Gasteiger partial charge in [0.1, 0.15) is 5.56 Å². The Morgan fingerprint density at radius 3 is 2.00 bits per heavy atom. The maximum absolute atomic E-state index is 2.65. The van der Waals surface area contributed by atoms with E-state index in [0.717, 1.165) is 6.42 Å². The summed E-state index contributed by atoms with van der Waals surface area (Å²) in [6.07, 6.45) is 5.37. The molecule has 1 atom stereocenters. The summed E-state index contributed by atoms with van der Waals surface area (Å²) >= 11 is 0. The molecule has 0 fully saturated rings. The number of pyridine rings is 3. The zero-order chi connectivity index (χ0) is 31.1. The molecule has 3 aliphatic rings. The molecule has 0 radical (unpaired) electrons. The second kappa shape index (κ2) is 9.78. The first-order valence-electron chi connectivity index (χ1n) is 16.4. The minimum Gasteiger partial charge on any atom is -0.163 e. The molecule has 7 aromatic rings. The molecule has 0 N–H and O–H groups in total. The van der Waals surface area contributed by atoms with Crippen molar-refractivity contribution in [3.8, 4) is 44.9 Å². The normalized spacial score (nSPS) is 18.1. The Kier molecular flexibility index (Phi) is 5.48. The van der Waals surface area contributed by atoms with Gasteiger partial charge in [-0.25, -0.2) is 0 Å². The summed E-state index contributed by atoms with van der Waals surface area (Å²) in [4.78, 5) is 0. The highest BCUT2D eigenvalue weighted by Gasteiger charge is 2.69. The zero-order valence-electron chi connectivity index (χ0n) is 26.1. The number of allylic oxidation sites excluding steroid dienone is 2. The van der Waals surface area contributed by atoms with E-state index >= 15 is 0 Å². The Morgan fingerprint density at radius 2 is 1.15 bits per heavy atom. The van der Waals surface area contributed by atoms with E-state index in [-0.39, 0.29) is 0 Å². The standard InChI is InChI=1S/C44H32N3/c1-30-33(31-15-3-2-4-16-31)25-26-41-35-19-7-8-20-36(35)43(42-29-32-17-5-6-18-34(32)39-23-11-13-27-45(39)42)44(47(30)41)38-22-10-9-21-37(38)40-24-12-14-28-46(40)44/h2-28H,29H2,1H3/q+3/b43-42-. The van der Waals surface area contributed by atoms with E-state index in [0.29, 0.717) is 0 Å². The Bertz CT molecular complexity index is 2410. The van der Waals surface area contributed by atoms with Crippen molar-refractivity contribution in [1.29, 1.82) is 0 Å². The van der Waals surface area contributed by atoms with Crippen molar-refractivity contribution < 1.29 is 13.7 Å². The molecule has 220 valence electrons. The van der Waals surface area contributed by atoms with Gasteiger partial charge in [-0.2, -0.15) is 4.57 Å². The van der Waals surface area contributed by atoms with Gasteiger partial charge in [0.25, 0.3) is 0 Å². The molecule has 4 aromatic carbocycles. The van der Waals surface area contributed by atoms with Crippen LogP contribution < -0.4 is 13.7 Å². The maximum atomic E-state index is 2.65. The molecular formula is C44H32N3+3. The van der Waals surface area contributed by atoms with E-state index < -0.39 is 5.66 Å². The van der Waals surface area contributed by atoms with Crippen LogP contribution in [0.3, 0.4) is 0 Å². The highest BCUT2D eigenvalue weighted by atomic mass is 15.3. The summed E-state index contributed by atoms with van der Waals surface area (Å²) in [5, 5.41) is 0. The van der Waals surface area contributed by atoms with E-state index in [1.807, 2.05) is 0 Å². The van der Waals surface area contributed by atoms with E-state index in [1.165, 1.54) is 78.6 Å². The van der Waals surface area contributed by atoms with Crippen LogP contribution in [-0.2, 0) is 12.1 Å². The van der Waals surface area contributed by atoms with Gasteiger partial charge in [0.2, 0.25) is 22.8 Å². The smallest absolute Gasteiger partial charge is 0.163 e. The average Bonchev–Trinajstić information content (AvgIpc) is 3.42. The van der Waals surface area contributed by atoms with Gasteiger partial charge in [-0.15, -0.1) is 9.13 Å². The lowest BCUT2D eigenvalue weighted by atomic mass is 9.76. The molecule has 6 heterocycles. The van der Waals surface area contributed by atoms with Gasteiger partial charge in [-0.1, -0.05) is 78.9 Å². The summed E-state index contributed by atoms with van der Waals surface area (Å²) in [6.45, 7) is 2.31. The highest BCUT2D eigenvalue weighted by molar-refractivity contribution is 5.95. The summed E-state index contributed by atoms with van der Waals surface area (Å²) in [5.41, 5.74) is 17.0. The van der Waals surface area contributed by atoms with Crippen molar-refractivity contribution in [1.82, 2.24) is 0 Å². The largest absolute Gasteiger partial charge is 0.423 e. The fourth-order valence-electron chi connectivity index (χ4n) is 8.65. The molecule has 3 heteroatoms. The van der Waals surface area contributed by atoms with Crippen LogP contribution in [-0.4, -0.2) is 0 Å². The number of rotatable bonds is 1. The highest BCUT2D eigenvalue weighted by Crippen LogP contribution is 2.51. The molecule has 3 nitrogen and oxygen atoms in total. The Labute approximate surface area is 274 Å². The Morgan fingerprint density at radius 1 is 0.489 bits per heavy atom. The first-order valence-corrected chi connectivity index (χ1v) is 16.4. The third-order valence-electron chi connectivity index (χ3n) is 10.5. The number of hydrogen-bond donors (Lipinski definition) is 0. The van der Waals surface area contributed by atoms with Crippen LogP contribution in [0.25, 0.3) is 56.2 Å². The lowest BCUT2D eigenvalue weighted by molar-refractivity contribution is -0.955. The molecule has 1 spiro atoms. The molecule has 3 aromatic heterocycles. The van der Waals surface area contributed by atoms with Crippen molar-refractivity contribution in [2.75, 3.05) is 0 Å². The van der Waals surface area contributed by atoms with Crippen molar-refractivity contribution in [2.24, 2.45) is 0 Å². The lowest BCUT2D eigenvalue weighted by Crippen LogP contribution is -2.76. The number of hydrogen-bond acceptors (Lipinski definition) is 0. The van der Waals surface area contributed by atoms with Crippen LogP contribution in [0.5, 0.6) is 0 Å². The van der Waals surface area contributed by atoms with Gasteiger partial charge >= 0.3 is 5.66 Å². The van der Waals surface area contributed by atoms with Gasteiger partial charge in [0, 0.05) is 48.4 Å². The zero-order valence-corrected chi connectivity index (χ0v) is 26.1. The Balaban J connectivity index is 1.45. The molecule has 0 amide bonds. The first kappa shape index (κ1) is 26.3. The second-order valence-corrected chi connectivity index (χ2v) is 12.7. The summed E-state index contributed by atoms with van der Waals surface area (Å²) < 4.78 is 7.66. The average molecular weight is 603 g/mol. The van der Waals surface area contributed by atoms with Crippen molar-refractivity contribution in [3.63, 3.8) is 0 Å². The molecule has 0 bridgehead atoms. The van der Waals surface area contributed by atoms with Crippen molar-refractivity contribution in [3.05, 3.63) is 186 Å². The van der Waals surface area contributed by atoms with Gasteiger partial charge in [-0.05, 0) is 53.6 Å². The SMILES string of the molecule is Cc1c(-c2ccccc2)ccc2[n+]1C1(/C(=C3/Cc4ccccc4-c4cccc[n+]43)c3ccccc3-2)c2ccccc2-c2cccc[n+]21. The van der Waals surface area contributed by atoms with Crippen LogP contribution in [0.4, 0.5) is 0 Å². The van der Waals surface area contributed by atoms with Gasteiger partial charge < -0.3 is 0 Å². The molecule has 47 heavy (non-hydrogen) atoms. The Hall–Kier alpha value is -5.93. The number of aromatic nitrogens is 3. The predicted octanol–water partition coefficient (Wildman–Crippen LogP) is 8.03. The molecule has 10 rings (SSSR count). The number of nitrogens with zero attached hydrogens (tertiary/aromatic N) is 3. The monoisotopic (exact) mass is 602 g/mol. The molecule has 3 aliphatic heterocycles. The molecule has 0 saturated carbocycles. The molecule has 0 saturated heterocycles. The van der Waals surface area contributed by atoms with Gasteiger partial charge in [-0.3, -0.25) is 0 Å². The number of benzene rings is 4. The van der Waals surface area contributed by atoms with Gasteiger partial charge in [0.05, 0.1) is 23.1 Å². The topological polar surface area (TPSA) is 11.6 Å². The molecule has 1 unspecified atom stereocenters. The van der Waals surface area contributed by atoms with Crippen LogP contribution in [0.2, 0.25) is 0 Å². The molecule has 0 aliphatic carbocycles. The summed E-state index contributed by atoms with van der Waals surface area (Å²) in [5.74, 6) is 0. The second-order valence-electron chi connectivity index (χ2n) is 12.7. The molecular weight excluding hydrogens is 571 g/mol. The van der Waals surface area contributed by atoms with E-state index in [4.69, 9.17) is 0 Å².